The number of benzene rings is 1. The lowest BCUT2D eigenvalue weighted by Crippen LogP contribution is -2.56. The number of piperazine rings is 1. The fourth-order valence-electron chi connectivity index (χ4n) is 3.77. The maximum Gasteiger partial charge on any atom is 0.233 e. The van der Waals surface area contributed by atoms with Crippen LogP contribution in [0.1, 0.15) is 25.3 Å². The summed E-state index contributed by atoms with van der Waals surface area (Å²) >= 11 is 6.01. The summed E-state index contributed by atoms with van der Waals surface area (Å²) in [5.74, 6) is 0.157. The third kappa shape index (κ3) is 3.76. The monoisotopic (exact) mass is 400 g/mol. The van der Waals surface area contributed by atoms with E-state index in [0.29, 0.717) is 57.3 Å². The van der Waals surface area contributed by atoms with E-state index in [0.717, 1.165) is 5.56 Å². The minimum absolute atomic E-state index is 0.0664. The van der Waals surface area contributed by atoms with E-state index in [4.69, 9.17) is 16.3 Å². The van der Waals surface area contributed by atoms with Crippen LogP contribution in [0.5, 0.6) is 0 Å². The Labute approximate surface area is 160 Å². The van der Waals surface area contributed by atoms with Gasteiger partial charge in [-0.05, 0) is 37.5 Å². The largest absolute Gasteiger partial charge is 0.381 e. The summed E-state index contributed by atoms with van der Waals surface area (Å²) in [4.78, 5) is 15.3. The fraction of sp³-hybridized carbons (Fsp3) is 0.611. The number of amides is 1. The fourth-order valence-corrected chi connectivity index (χ4v) is 4.98. The van der Waals surface area contributed by atoms with Crippen molar-refractivity contribution in [3.8, 4) is 0 Å². The lowest BCUT2D eigenvalue weighted by molar-refractivity contribution is -0.142. The molecule has 6 nitrogen and oxygen atoms in total. The SMILES string of the molecule is CCS(=O)(=O)N1CCN(C(=O)C2(c3ccc(Cl)cc3)CCOCC2)CC1. The molecule has 1 aromatic rings. The highest BCUT2D eigenvalue weighted by Crippen LogP contribution is 2.37. The van der Waals surface area contributed by atoms with Gasteiger partial charge in [0.1, 0.15) is 0 Å². The molecule has 8 heteroatoms. The summed E-state index contributed by atoms with van der Waals surface area (Å²) in [6, 6.07) is 7.47. The Morgan fingerprint density at radius 1 is 1.12 bits per heavy atom. The zero-order valence-corrected chi connectivity index (χ0v) is 16.6. The Hall–Kier alpha value is -1.15. The van der Waals surface area contributed by atoms with Crippen molar-refractivity contribution in [2.45, 2.75) is 25.2 Å². The Bertz CT molecular complexity index is 737. The number of nitrogens with zero attached hydrogens (tertiary/aromatic N) is 2. The molecular weight excluding hydrogens is 376 g/mol. The first-order valence-corrected chi connectivity index (χ1v) is 11.0. The molecule has 2 aliphatic rings. The summed E-state index contributed by atoms with van der Waals surface area (Å²) in [5.41, 5.74) is 0.341. The van der Waals surface area contributed by atoms with E-state index >= 15 is 0 Å². The molecule has 0 spiro atoms. The predicted molar refractivity (Wildman–Crippen MR) is 101 cm³/mol. The molecule has 0 aromatic heterocycles. The molecule has 0 N–H and O–H groups in total. The summed E-state index contributed by atoms with van der Waals surface area (Å²) < 4.78 is 31.1. The maximum absolute atomic E-state index is 13.5. The van der Waals surface area contributed by atoms with E-state index in [2.05, 4.69) is 0 Å². The second-order valence-electron chi connectivity index (χ2n) is 6.79. The van der Waals surface area contributed by atoms with E-state index in [1.807, 2.05) is 29.2 Å². The number of hydrogen-bond donors (Lipinski definition) is 0. The predicted octanol–water partition coefficient (Wildman–Crippen LogP) is 1.88. The van der Waals surface area contributed by atoms with Gasteiger partial charge < -0.3 is 9.64 Å². The van der Waals surface area contributed by atoms with Gasteiger partial charge in [0.15, 0.2) is 0 Å². The van der Waals surface area contributed by atoms with E-state index in [1.165, 1.54) is 4.31 Å². The number of carbonyl (C=O) groups is 1. The van der Waals surface area contributed by atoms with Crippen LogP contribution in [0.3, 0.4) is 0 Å². The topological polar surface area (TPSA) is 66.9 Å². The number of ether oxygens (including phenoxy) is 1. The van der Waals surface area contributed by atoms with Crippen LogP contribution < -0.4 is 0 Å². The van der Waals surface area contributed by atoms with Crippen molar-refractivity contribution in [1.29, 1.82) is 0 Å². The van der Waals surface area contributed by atoms with Gasteiger partial charge in [0.2, 0.25) is 15.9 Å². The van der Waals surface area contributed by atoms with Crippen LogP contribution in [-0.4, -0.2) is 68.7 Å². The number of sulfonamides is 1. The third-order valence-corrected chi connectivity index (χ3v) is 7.57. The zero-order valence-electron chi connectivity index (χ0n) is 15.0. The molecule has 0 saturated carbocycles. The van der Waals surface area contributed by atoms with Crippen LogP contribution in [0, 0.1) is 0 Å². The molecule has 0 atom stereocenters. The van der Waals surface area contributed by atoms with E-state index in [9.17, 15) is 13.2 Å². The molecular formula is C18H25ClN2O4S. The van der Waals surface area contributed by atoms with Crippen molar-refractivity contribution in [1.82, 2.24) is 9.21 Å². The van der Waals surface area contributed by atoms with Crippen LogP contribution in [0.4, 0.5) is 0 Å². The average molecular weight is 401 g/mol. The molecule has 2 heterocycles. The highest BCUT2D eigenvalue weighted by molar-refractivity contribution is 7.89. The smallest absolute Gasteiger partial charge is 0.233 e. The molecule has 26 heavy (non-hydrogen) atoms. The molecule has 2 aliphatic heterocycles. The number of carbonyl (C=O) groups excluding carboxylic acids is 1. The van der Waals surface area contributed by atoms with Gasteiger partial charge in [0, 0.05) is 44.4 Å². The van der Waals surface area contributed by atoms with Crippen molar-refractivity contribution in [3.63, 3.8) is 0 Å². The average Bonchev–Trinajstić information content (AvgIpc) is 2.68. The first-order chi connectivity index (χ1) is 12.4. The first-order valence-electron chi connectivity index (χ1n) is 9.00. The second kappa shape index (κ2) is 7.84. The first kappa shape index (κ1) is 19.6. The molecule has 0 radical (unpaired) electrons. The van der Waals surface area contributed by atoms with E-state index in [1.54, 1.807) is 6.92 Å². The van der Waals surface area contributed by atoms with Crippen LogP contribution >= 0.6 is 11.6 Å². The van der Waals surface area contributed by atoms with Crippen LogP contribution in [0.25, 0.3) is 0 Å². The van der Waals surface area contributed by atoms with Gasteiger partial charge in [-0.3, -0.25) is 4.79 Å². The molecule has 0 bridgehead atoms. The van der Waals surface area contributed by atoms with Crippen molar-refractivity contribution in [2.24, 2.45) is 0 Å². The minimum atomic E-state index is -3.21. The quantitative estimate of drug-likeness (QED) is 0.774. The minimum Gasteiger partial charge on any atom is -0.381 e. The van der Waals surface area contributed by atoms with Crippen molar-refractivity contribution in [3.05, 3.63) is 34.9 Å². The van der Waals surface area contributed by atoms with Crippen molar-refractivity contribution >= 4 is 27.5 Å². The Balaban J connectivity index is 1.80. The van der Waals surface area contributed by atoms with Gasteiger partial charge in [-0.1, -0.05) is 23.7 Å². The zero-order chi connectivity index (χ0) is 18.8. The van der Waals surface area contributed by atoms with Gasteiger partial charge in [-0.2, -0.15) is 4.31 Å². The Kier molecular flexibility index (Phi) is 5.91. The van der Waals surface area contributed by atoms with E-state index < -0.39 is 15.4 Å². The molecule has 0 aliphatic carbocycles. The van der Waals surface area contributed by atoms with Crippen molar-refractivity contribution < 1.29 is 17.9 Å². The van der Waals surface area contributed by atoms with Crippen LogP contribution in [0.2, 0.25) is 5.02 Å². The summed E-state index contributed by atoms with van der Waals surface area (Å²) in [7, 11) is -3.21. The highest BCUT2D eigenvalue weighted by Gasteiger charge is 2.45. The molecule has 1 amide bonds. The molecule has 1 aromatic carbocycles. The van der Waals surface area contributed by atoms with Gasteiger partial charge >= 0.3 is 0 Å². The third-order valence-electron chi connectivity index (χ3n) is 5.44. The van der Waals surface area contributed by atoms with Gasteiger partial charge in [-0.25, -0.2) is 8.42 Å². The summed E-state index contributed by atoms with van der Waals surface area (Å²) in [5, 5.41) is 0.641. The van der Waals surface area contributed by atoms with Crippen LogP contribution in [0.15, 0.2) is 24.3 Å². The maximum atomic E-state index is 13.5. The normalized spacial score (nSPS) is 21.5. The number of hydrogen-bond acceptors (Lipinski definition) is 4. The number of halogens is 1. The molecule has 0 unspecified atom stereocenters. The van der Waals surface area contributed by atoms with E-state index in [-0.39, 0.29) is 11.7 Å². The van der Waals surface area contributed by atoms with Gasteiger partial charge in [-0.15, -0.1) is 0 Å². The molecule has 2 fully saturated rings. The highest BCUT2D eigenvalue weighted by atomic mass is 35.5. The summed E-state index contributed by atoms with van der Waals surface area (Å²) in [6.45, 7) is 4.29. The van der Waals surface area contributed by atoms with Gasteiger partial charge in [0.25, 0.3) is 0 Å². The second-order valence-corrected chi connectivity index (χ2v) is 9.49. The molecule has 2 saturated heterocycles. The Morgan fingerprint density at radius 2 is 1.69 bits per heavy atom. The Morgan fingerprint density at radius 3 is 2.23 bits per heavy atom. The van der Waals surface area contributed by atoms with Crippen LogP contribution in [-0.2, 0) is 25.0 Å². The molecule has 144 valence electrons. The van der Waals surface area contributed by atoms with Gasteiger partial charge in [0.05, 0.1) is 11.2 Å². The molecule has 3 rings (SSSR count). The van der Waals surface area contributed by atoms with Crippen molar-refractivity contribution in [2.75, 3.05) is 45.1 Å². The summed E-state index contributed by atoms with van der Waals surface area (Å²) in [6.07, 6.45) is 1.25. The lowest BCUT2D eigenvalue weighted by Gasteiger charge is -2.42. The standard InChI is InChI=1S/C18H25ClN2O4S/c1-2-26(23,24)21-11-9-20(10-12-21)17(22)18(7-13-25-14-8-18)15-3-5-16(19)6-4-15/h3-6H,2,7-14H2,1H3. The number of rotatable bonds is 4. The lowest BCUT2D eigenvalue weighted by atomic mass is 9.73.